The summed E-state index contributed by atoms with van der Waals surface area (Å²) in [5.74, 6) is 2.77. The third-order valence-corrected chi connectivity index (χ3v) is 6.56. The molecule has 176 valence electrons. The summed E-state index contributed by atoms with van der Waals surface area (Å²) in [5.41, 5.74) is 4.67. The Bertz CT molecular complexity index is 1230. The molecule has 1 aromatic carbocycles. The fourth-order valence-corrected chi connectivity index (χ4v) is 4.79. The maximum atomic E-state index is 6.71. The van der Waals surface area contributed by atoms with Crippen LogP contribution in [0.3, 0.4) is 0 Å². The number of aliphatic imine (C=N–C) groups is 1. The van der Waals surface area contributed by atoms with Crippen LogP contribution >= 0.6 is 11.6 Å². The summed E-state index contributed by atoms with van der Waals surface area (Å²) < 4.78 is 6.17. The molecule has 1 atom stereocenters. The molecule has 2 aliphatic heterocycles. The van der Waals surface area contributed by atoms with Crippen LogP contribution in [0.2, 0.25) is 5.02 Å². The lowest BCUT2D eigenvalue weighted by Gasteiger charge is -2.35. The summed E-state index contributed by atoms with van der Waals surface area (Å²) in [6.45, 7) is 9.60. The van der Waals surface area contributed by atoms with Crippen molar-refractivity contribution < 1.29 is 4.74 Å². The average molecular weight is 477 g/mol. The Kier molecular flexibility index (Phi) is 6.39. The van der Waals surface area contributed by atoms with Crippen molar-refractivity contribution in [2.45, 2.75) is 33.2 Å². The standard InChI is InChI=1S/C26H29ClN6O/c1-4-5-18-12-22(29-15-18)30-23-13-24(33-9-8-28-14-17(33)3)32-26(31-23)34-21-7-6-19-10-16(2)11-20(19)25(21)27/h4-7,11-13,17,28H,8-10,14-15H2,1-3H3,(H,29,30,31,32)/b5-4+. The topological polar surface area (TPSA) is 74.7 Å². The highest BCUT2D eigenvalue weighted by Crippen LogP contribution is 2.38. The molecule has 8 heteroatoms. The Morgan fingerprint density at radius 3 is 2.97 bits per heavy atom. The van der Waals surface area contributed by atoms with Crippen LogP contribution in [0.15, 0.2) is 52.6 Å². The molecule has 0 spiro atoms. The highest BCUT2D eigenvalue weighted by molar-refractivity contribution is 6.33. The van der Waals surface area contributed by atoms with Crippen molar-refractivity contribution in [2.24, 2.45) is 4.99 Å². The lowest BCUT2D eigenvalue weighted by Crippen LogP contribution is -2.50. The van der Waals surface area contributed by atoms with Gasteiger partial charge in [0.25, 0.3) is 0 Å². The first-order chi connectivity index (χ1) is 16.5. The van der Waals surface area contributed by atoms with Gasteiger partial charge in [-0.2, -0.15) is 9.97 Å². The fourth-order valence-electron chi connectivity index (χ4n) is 4.51. The van der Waals surface area contributed by atoms with Gasteiger partial charge < -0.3 is 20.3 Å². The van der Waals surface area contributed by atoms with Gasteiger partial charge in [0.1, 0.15) is 23.2 Å². The number of ether oxygens (including phenoxy) is 1. The van der Waals surface area contributed by atoms with Crippen molar-refractivity contribution >= 4 is 35.1 Å². The first-order valence-electron chi connectivity index (χ1n) is 11.7. The van der Waals surface area contributed by atoms with E-state index in [9.17, 15) is 0 Å². The molecule has 1 fully saturated rings. The molecule has 2 aromatic rings. The maximum Gasteiger partial charge on any atom is 0.325 e. The minimum atomic E-state index is 0.252. The molecule has 3 aliphatic rings. The van der Waals surface area contributed by atoms with E-state index in [-0.39, 0.29) is 6.01 Å². The molecule has 1 aromatic heterocycles. The number of amidine groups is 1. The lowest BCUT2D eigenvalue weighted by molar-refractivity contribution is 0.438. The van der Waals surface area contributed by atoms with E-state index in [1.165, 1.54) is 11.1 Å². The van der Waals surface area contributed by atoms with Crippen LogP contribution in [0.1, 0.15) is 31.9 Å². The number of nitrogens with one attached hydrogen (secondary N) is 2. The molecule has 1 saturated heterocycles. The third-order valence-electron chi connectivity index (χ3n) is 6.17. The molecule has 34 heavy (non-hydrogen) atoms. The quantitative estimate of drug-likeness (QED) is 0.632. The van der Waals surface area contributed by atoms with Crippen LogP contribution in [0.25, 0.3) is 6.08 Å². The van der Waals surface area contributed by atoms with E-state index in [1.807, 2.05) is 31.2 Å². The normalized spacial score (nSPS) is 19.7. The predicted octanol–water partition coefficient (Wildman–Crippen LogP) is 5.01. The van der Waals surface area contributed by atoms with Crippen LogP contribution in [0.5, 0.6) is 11.8 Å². The van der Waals surface area contributed by atoms with Gasteiger partial charge in [0.15, 0.2) is 0 Å². The van der Waals surface area contributed by atoms with Crippen LogP contribution in [-0.4, -0.2) is 48.0 Å². The van der Waals surface area contributed by atoms with E-state index in [0.717, 1.165) is 48.8 Å². The van der Waals surface area contributed by atoms with E-state index in [2.05, 4.69) is 57.6 Å². The van der Waals surface area contributed by atoms with Crippen LogP contribution in [0, 0.1) is 0 Å². The lowest BCUT2D eigenvalue weighted by atomic mass is 10.1. The molecule has 1 aliphatic carbocycles. The van der Waals surface area contributed by atoms with E-state index in [0.29, 0.717) is 29.2 Å². The molecular formula is C26H29ClN6O. The summed E-state index contributed by atoms with van der Waals surface area (Å²) in [4.78, 5) is 16.2. The highest BCUT2D eigenvalue weighted by Gasteiger charge is 2.23. The van der Waals surface area contributed by atoms with Crippen molar-refractivity contribution in [3.8, 4) is 11.8 Å². The van der Waals surface area contributed by atoms with Gasteiger partial charge in [0.2, 0.25) is 0 Å². The Morgan fingerprint density at radius 1 is 1.26 bits per heavy atom. The number of allylic oxidation sites excluding steroid dienone is 2. The molecule has 0 radical (unpaired) electrons. The summed E-state index contributed by atoms with van der Waals surface area (Å²) in [7, 11) is 0. The zero-order chi connectivity index (χ0) is 23.7. The first-order valence-corrected chi connectivity index (χ1v) is 12.1. The monoisotopic (exact) mass is 476 g/mol. The Balaban J connectivity index is 1.47. The molecule has 0 saturated carbocycles. The van der Waals surface area contributed by atoms with E-state index >= 15 is 0 Å². The molecule has 3 heterocycles. The molecule has 5 rings (SSSR count). The molecule has 7 nitrogen and oxygen atoms in total. The number of anilines is 2. The second-order valence-electron chi connectivity index (χ2n) is 8.91. The SMILES string of the molecule is C/C=C/C1=CC(Nc2cc(N3CCNCC3C)nc(Oc3ccc4c(c3Cl)C=C(C)C4)n2)=NC1. The average Bonchev–Trinajstić information content (AvgIpc) is 3.42. The van der Waals surface area contributed by atoms with Crippen molar-refractivity contribution in [1.82, 2.24) is 15.3 Å². The van der Waals surface area contributed by atoms with Crippen molar-refractivity contribution in [2.75, 3.05) is 36.4 Å². The Hall–Kier alpha value is -3.16. The van der Waals surface area contributed by atoms with E-state index < -0.39 is 0 Å². The number of halogens is 1. The number of piperazine rings is 1. The number of nitrogens with zero attached hydrogens (tertiary/aromatic N) is 4. The number of aromatic nitrogens is 2. The van der Waals surface area contributed by atoms with Gasteiger partial charge in [-0.1, -0.05) is 41.5 Å². The molecule has 0 amide bonds. The molecular weight excluding hydrogens is 448 g/mol. The third kappa shape index (κ3) is 4.72. The second-order valence-corrected chi connectivity index (χ2v) is 9.28. The fraction of sp³-hybridized carbons (Fsp3) is 0.346. The van der Waals surface area contributed by atoms with Crippen LogP contribution < -0.4 is 20.3 Å². The Morgan fingerprint density at radius 2 is 2.15 bits per heavy atom. The van der Waals surface area contributed by atoms with Crippen LogP contribution in [-0.2, 0) is 6.42 Å². The van der Waals surface area contributed by atoms with Gasteiger partial charge in [-0.25, -0.2) is 0 Å². The minimum Gasteiger partial charge on any atom is -0.423 e. The molecule has 1 unspecified atom stereocenters. The van der Waals surface area contributed by atoms with Crippen molar-refractivity contribution in [3.05, 3.63) is 63.7 Å². The van der Waals surface area contributed by atoms with Crippen LogP contribution in [0.4, 0.5) is 11.6 Å². The number of rotatable bonds is 5. The second kappa shape index (κ2) is 9.60. The Labute approximate surface area is 205 Å². The van der Waals surface area contributed by atoms with Gasteiger partial charge in [0.05, 0.1) is 11.6 Å². The summed E-state index contributed by atoms with van der Waals surface area (Å²) in [5, 5.41) is 7.35. The molecule has 2 N–H and O–H groups in total. The van der Waals surface area contributed by atoms with Gasteiger partial charge >= 0.3 is 6.01 Å². The number of hydrogen-bond acceptors (Lipinski definition) is 7. The zero-order valence-electron chi connectivity index (χ0n) is 19.7. The number of fused-ring (bicyclic) bond motifs is 1. The van der Waals surface area contributed by atoms with Crippen molar-refractivity contribution in [3.63, 3.8) is 0 Å². The summed E-state index contributed by atoms with van der Waals surface area (Å²) in [6.07, 6.45) is 9.14. The predicted molar refractivity (Wildman–Crippen MR) is 139 cm³/mol. The van der Waals surface area contributed by atoms with E-state index in [4.69, 9.17) is 21.3 Å². The summed E-state index contributed by atoms with van der Waals surface area (Å²) in [6, 6.07) is 6.46. The zero-order valence-corrected chi connectivity index (χ0v) is 20.5. The van der Waals surface area contributed by atoms with Gasteiger partial charge in [0, 0.05) is 37.3 Å². The highest BCUT2D eigenvalue weighted by atomic mass is 35.5. The number of hydrogen-bond donors (Lipinski definition) is 2. The van der Waals surface area contributed by atoms with Gasteiger partial charge in [-0.05, 0) is 50.5 Å². The first kappa shape index (κ1) is 22.6. The minimum absolute atomic E-state index is 0.252. The smallest absolute Gasteiger partial charge is 0.325 e. The maximum absolute atomic E-state index is 6.71. The van der Waals surface area contributed by atoms with E-state index in [1.54, 1.807) is 0 Å². The number of benzene rings is 1. The van der Waals surface area contributed by atoms with Crippen molar-refractivity contribution in [1.29, 1.82) is 0 Å². The van der Waals surface area contributed by atoms with Gasteiger partial charge in [-0.15, -0.1) is 0 Å². The van der Waals surface area contributed by atoms with Gasteiger partial charge in [-0.3, -0.25) is 4.99 Å². The molecule has 0 bridgehead atoms. The summed E-state index contributed by atoms with van der Waals surface area (Å²) >= 11 is 6.71. The largest absolute Gasteiger partial charge is 0.423 e.